The Balaban J connectivity index is 1.69. The number of carbonyl (C=O) groups is 2. The number of hydrogen-bond donors (Lipinski definition) is 1. The first-order valence-electron chi connectivity index (χ1n) is 8.18. The summed E-state index contributed by atoms with van der Waals surface area (Å²) in [6.45, 7) is 0.362. The normalized spacial score (nSPS) is 19.5. The topological polar surface area (TPSA) is 75.3 Å². The first-order chi connectivity index (χ1) is 11.7. The van der Waals surface area contributed by atoms with Crippen molar-refractivity contribution in [1.82, 2.24) is 14.9 Å². The smallest absolute Gasteiger partial charge is 0.329 e. The summed E-state index contributed by atoms with van der Waals surface area (Å²) in [5.74, 6) is -0.457. The number of hydrogen-bond acceptors (Lipinski definition) is 5. The maximum Gasteiger partial charge on any atom is 0.329 e. The van der Waals surface area contributed by atoms with Crippen LogP contribution in [0.25, 0.3) is 0 Å². The molecule has 1 atom stereocenters. The zero-order valence-corrected chi connectivity index (χ0v) is 14.3. The van der Waals surface area contributed by atoms with Gasteiger partial charge in [-0.25, -0.2) is 9.78 Å². The predicted octanol–water partition coefficient (Wildman–Crippen LogP) is 2.09. The Morgan fingerprint density at radius 2 is 2.21 bits per heavy atom. The van der Waals surface area contributed by atoms with Crippen LogP contribution < -0.4 is 0 Å². The highest BCUT2D eigenvalue weighted by Crippen LogP contribution is 2.32. The van der Waals surface area contributed by atoms with Gasteiger partial charge in [0.2, 0.25) is 0 Å². The highest BCUT2D eigenvalue weighted by molar-refractivity contribution is 7.12. The first-order valence-corrected chi connectivity index (χ1v) is 9.06. The van der Waals surface area contributed by atoms with Gasteiger partial charge in [0, 0.05) is 6.42 Å². The number of methoxy groups -OCH3 is 1. The van der Waals surface area contributed by atoms with Crippen LogP contribution in [0.2, 0.25) is 0 Å². The monoisotopic (exact) mass is 345 g/mol. The Kier molecular flexibility index (Phi) is 3.88. The first kappa shape index (κ1) is 15.4. The molecule has 1 aliphatic heterocycles. The van der Waals surface area contributed by atoms with Gasteiger partial charge in [0.05, 0.1) is 36.2 Å². The molecule has 0 spiro atoms. The van der Waals surface area contributed by atoms with Gasteiger partial charge < -0.3 is 14.6 Å². The van der Waals surface area contributed by atoms with Crippen LogP contribution in [0, 0.1) is 0 Å². The third kappa shape index (κ3) is 2.43. The summed E-state index contributed by atoms with van der Waals surface area (Å²) in [4.78, 5) is 35.1. The Hall–Kier alpha value is -2.15. The van der Waals surface area contributed by atoms with Crippen LogP contribution in [0.1, 0.15) is 45.0 Å². The lowest BCUT2D eigenvalue weighted by Gasteiger charge is -2.33. The highest BCUT2D eigenvalue weighted by Gasteiger charge is 2.38. The Morgan fingerprint density at radius 1 is 1.38 bits per heavy atom. The molecule has 0 bridgehead atoms. The zero-order chi connectivity index (χ0) is 16.7. The number of nitrogens with zero attached hydrogens (tertiary/aromatic N) is 2. The Bertz CT molecular complexity index is 795. The number of H-pyrrole nitrogens is 1. The van der Waals surface area contributed by atoms with E-state index in [9.17, 15) is 9.59 Å². The largest absolute Gasteiger partial charge is 0.467 e. The van der Waals surface area contributed by atoms with Crippen LogP contribution in [-0.4, -0.2) is 39.9 Å². The molecule has 0 fully saturated rings. The van der Waals surface area contributed by atoms with Gasteiger partial charge in [-0.3, -0.25) is 4.79 Å². The van der Waals surface area contributed by atoms with Crippen LogP contribution >= 0.6 is 11.3 Å². The second kappa shape index (κ2) is 6.05. The van der Waals surface area contributed by atoms with E-state index in [0.717, 1.165) is 35.5 Å². The molecule has 24 heavy (non-hydrogen) atoms. The van der Waals surface area contributed by atoms with Crippen molar-refractivity contribution in [3.05, 3.63) is 39.1 Å². The molecule has 0 radical (unpaired) electrons. The third-order valence-corrected chi connectivity index (χ3v) is 5.99. The number of nitrogens with one attached hydrogen (secondary N) is 1. The van der Waals surface area contributed by atoms with Crippen LogP contribution in [0.5, 0.6) is 0 Å². The van der Waals surface area contributed by atoms with E-state index in [2.05, 4.69) is 15.3 Å². The van der Waals surface area contributed by atoms with Crippen molar-refractivity contribution in [2.75, 3.05) is 7.11 Å². The third-order valence-electron chi connectivity index (χ3n) is 4.93. The minimum absolute atomic E-state index is 0.0706. The molecule has 0 unspecified atom stereocenters. The summed E-state index contributed by atoms with van der Waals surface area (Å²) in [7, 11) is 1.36. The molecule has 0 saturated heterocycles. The number of aromatic nitrogens is 2. The molecule has 2 aliphatic rings. The average Bonchev–Trinajstić information content (AvgIpc) is 3.25. The molecule has 6 nitrogen and oxygen atoms in total. The van der Waals surface area contributed by atoms with Gasteiger partial charge >= 0.3 is 5.97 Å². The highest BCUT2D eigenvalue weighted by atomic mass is 32.1. The number of thiophene rings is 1. The average molecular weight is 345 g/mol. The number of amides is 1. The molecule has 2 aromatic heterocycles. The van der Waals surface area contributed by atoms with Gasteiger partial charge in [0.25, 0.3) is 5.91 Å². The number of fused-ring (bicyclic) bond motifs is 2. The molecule has 2 aromatic rings. The van der Waals surface area contributed by atoms with E-state index >= 15 is 0 Å². The molecular formula is C17H19N3O3S. The van der Waals surface area contributed by atoms with Crippen molar-refractivity contribution in [2.45, 2.75) is 44.7 Å². The van der Waals surface area contributed by atoms with Crippen molar-refractivity contribution in [3.8, 4) is 0 Å². The number of aryl methyl sites for hydroxylation is 1. The second-order valence-corrected chi connectivity index (χ2v) is 7.16. The lowest BCUT2D eigenvalue weighted by Crippen LogP contribution is -2.49. The molecule has 1 aliphatic carbocycles. The minimum atomic E-state index is -0.611. The lowest BCUT2D eigenvalue weighted by molar-refractivity contribution is -0.146. The number of ether oxygens (including phenoxy) is 1. The quantitative estimate of drug-likeness (QED) is 0.846. The number of rotatable bonds is 2. The fourth-order valence-electron chi connectivity index (χ4n) is 3.63. The number of esters is 1. The standard InChI is InChI=1S/C17H19N3O3S/c1-23-17(22)14-6-12-13(19-9-18-12)7-20(14)16(21)15-11-5-3-2-4-10(11)8-24-15/h8-9,14H,2-7H2,1H3,(H,18,19)/t14-/m0/s1. The van der Waals surface area contributed by atoms with Gasteiger partial charge in [-0.05, 0) is 42.2 Å². The van der Waals surface area contributed by atoms with E-state index in [1.165, 1.54) is 36.0 Å². The van der Waals surface area contributed by atoms with Crippen LogP contribution in [-0.2, 0) is 35.3 Å². The van der Waals surface area contributed by atoms with E-state index in [0.29, 0.717) is 13.0 Å². The molecular weight excluding hydrogens is 326 g/mol. The van der Waals surface area contributed by atoms with Crippen LogP contribution in [0.4, 0.5) is 0 Å². The van der Waals surface area contributed by atoms with E-state index in [-0.39, 0.29) is 11.9 Å². The van der Waals surface area contributed by atoms with Crippen molar-refractivity contribution in [1.29, 1.82) is 0 Å². The summed E-state index contributed by atoms with van der Waals surface area (Å²) < 4.78 is 4.92. The van der Waals surface area contributed by atoms with Gasteiger partial charge in [0.1, 0.15) is 6.04 Å². The van der Waals surface area contributed by atoms with E-state index < -0.39 is 6.04 Å². The predicted molar refractivity (Wildman–Crippen MR) is 88.9 cm³/mol. The molecule has 3 heterocycles. The van der Waals surface area contributed by atoms with Crippen molar-refractivity contribution in [3.63, 3.8) is 0 Å². The van der Waals surface area contributed by atoms with E-state index in [1.807, 2.05) is 0 Å². The zero-order valence-electron chi connectivity index (χ0n) is 13.5. The maximum absolute atomic E-state index is 13.2. The fraction of sp³-hybridized carbons (Fsp3) is 0.471. The van der Waals surface area contributed by atoms with Crippen molar-refractivity contribution >= 4 is 23.2 Å². The Morgan fingerprint density at radius 3 is 3.04 bits per heavy atom. The number of carbonyl (C=O) groups excluding carboxylic acids is 2. The summed E-state index contributed by atoms with van der Waals surface area (Å²) in [5.41, 5.74) is 4.20. The molecule has 1 N–H and O–H groups in total. The number of imidazole rings is 1. The van der Waals surface area contributed by atoms with Gasteiger partial charge in [-0.15, -0.1) is 11.3 Å². The molecule has 7 heteroatoms. The number of aromatic amines is 1. The SMILES string of the molecule is COC(=O)[C@@H]1Cc2nc[nH]c2CN1C(=O)c1scc2c1CCCC2. The maximum atomic E-state index is 13.2. The van der Waals surface area contributed by atoms with Gasteiger partial charge in [0.15, 0.2) is 0 Å². The summed E-state index contributed by atoms with van der Waals surface area (Å²) in [6.07, 6.45) is 6.31. The van der Waals surface area contributed by atoms with Gasteiger partial charge in [-0.2, -0.15) is 0 Å². The van der Waals surface area contributed by atoms with Crippen LogP contribution in [0.15, 0.2) is 11.7 Å². The van der Waals surface area contributed by atoms with Gasteiger partial charge in [-0.1, -0.05) is 0 Å². The molecule has 0 saturated carbocycles. The summed E-state index contributed by atoms with van der Waals surface area (Å²) in [5, 5.41) is 2.10. The fourth-order valence-corrected chi connectivity index (χ4v) is 4.74. The second-order valence-electron chi connectivity index (χ2n) is 6.28. The summed E-state index contributed by atoms with van der Waals surface area (Å²) in [6, 6.07) is -0.611. The van der Waals surface area contributed by atoms with Crippen LogP contribution in [0.3, 0.4) is 0 Å². The van der Waals surface area contributed by atoms with Crippen molar-refractivity contribution in [2.24, 2.45) is 0 Å². The molecule has 4 rings (SSSR count). The summed E-state index contributed by atoms with van der Waals surface area (Å²) >= 11 is 1.50. The van der Waals surface area contributed by atoms with Crippen molar-refractivity contribution < 1.29 is 14.3 Å². The minimum Gasteiger partial charge on any atom is -0.467 e. The Labute approximate surface area is 143 Å². The molecule has 1 amide bonds. The molecule has 0 aromatic carbocycles. The lowest BCUT2D eigenvalue weighted by atomic mass is 9.93. The van der Waals surface area contributed by atoms with E-state index in [1.54, 1.807) is 11.2 Å². The molecule has 126 valence electrons. The van der Waals surface area contributed by atoms with E-state index in [4.69, 9.17) is 4.74 Å².